The van der Waals surface area contributed by atoms with Crippen LogP contribution in [0.3, 0.4) is 0 Å². The molecule has 2 N–H and O–H groups in total. The second-order valence-corrected chi connectivity index (χ2v) is 7.64. The molecule has 4 rings (SSSR count). The standard InChI is InChI=1S/C20H19FN2OS/c1-2-11-3-8-16-13(9-11)10-15-17(22)19(25-20(15)23-16)18(24)12-4-6-14(21)7-5-12/h4-7,10-11H,2-3,8-9,22H2,1H3/t11-/m1/s1. The largest absolute Gasteiger partial charge is 0.397 e. The second-order valence-electron chi connectivity index (χ2n) is 6.64. The van der Waals surface area contributed by atoms with Gasteiger partial charge in [-0.1, -0.05) is 13.3 Å². The zero-order valence-electron chi connectivity index (χ0n) is 14.0. The van der Waals surface area contributed by atoms with E-state index >= 15 is 0 Å². The quantitative estimate of drug-likeness (QED) is 0.690. The van der Waals surface area contributed by atoms with Crippen molar-refractivity contribution in [2.45, 2.75) is 32.6 Å². The van der Waals surface area contributed by atoms with Crippen molar-refractivity contribution in [1.82, 2.24) is 4.98 Å². The van der Waals surface area contributed by atoms with Crippen molar-refractivity contribution in [2.75, 3.05) is 5.73 Å². The molecule has 0 spiro atoms. The van der Waals surface area contributed by atoms with Gasteiger partial charge in [0.15, 0.2) is 0 Å². The van der Waals surface area contributed by atoms with Crippen LogP contribution in [0.25, 0.3) is 10.2 Å². The van der Waals surface area contributed by atoms with Crippen molar-refractivity contribution in [2.24, 2.45) is 5.92 Å². The van der Waals surface area contributed by atoms with Crippen LogP contribution in [0.1, 0.15) is 46.3 Å². The number of ketones is 1. The SMILES string of the molecule is CC[C@@H]1CCc2nc3sc(C(=O)c4ccc(F)cc4)c(N)c3cc2C1. The summed E-state index contributed by atoms with van der Waals surface area (Å²) in [6, 6.07) is 7.68. The normalized spacial score (nSPS) is 16.8. The molecule has 0 saturated carbocycles. The monoisotopic (exact) mass is 354 g/mol. The zero-order valence-corrected chi connectivity index (χ0v) is 14.8. The van der Waals surface area contributed by atoms with Crippen molar-refractivity contribution < 1.29 is 9.18 Å². The maximum Gasteiger partial charge on any atom is 0.205 e. The van der Waals surface area contributed by atoms with Crippen LogP contribution < -0.4 is 5.73 Å². The number of benzene rings is 1. The number of thiophene rings is 1. The molecule has 25 heavy (non-hydrogen) atoms. The van der Waals surface area contributed by atoms with Gasteiger partial charge in [-0.3, -0.25) is 4.79 Å². The average Bonchev–Trinajstić information content (AvgIpc) is 2.95. The summed E-state index contributed by atoms with van der Waals surface area (Å²) in [4.78, 5) is 18.8. The molecule has 0 radical (unpaired) electrons. The molecular weight excluding hydrogens is 335 g/mol. The van der Waals surface area contributed by atoms with Crippen LogP contribution in [0.15, 0.2) is 30.3 Å². The molecule has 1 atom stereocenters. The van der Waals surface area contributed by atoms with Crippen molar-refractivity contribution in [3.05, 3.63) is 57.8 Å². The molecule has 0 saturated heterocycles. The highest BCUT2D eigenvalue weighted by Crippen LogP contribution is 2.37. The number of nitrogens with zero attached hydrogens (tertiary/aromatic N) is 1. The Bertz CT molecular complexity index is 962. The van der Waals surface area contributed by atoms with Gasteiger partial charge in [0.25, 0.3) is 0 Å². The highest BCUT2D eigenvalue weighted by atomic mass is 32.1. The summed E-state index contributed by atoms with van der Waals surface area (Å²) in [5.74, 6) is 0.164. The van der Waals surface area contributed by atoms with E-state index in [4.69, 9.17) is 10.7 Å². The van der Waals surface area contributed by atoms with Crippen LogP contribution in [0, 0.1) is 11.7 Å². The molecule has 3 nitrogen and oxygen atoms in total. The number of halogens is 1. The van der Waals surface area contributed by atoms with Gasteiger partial charge < -0.3 is 5.73 Å². The van der Waals surface area contributed by atoms with Gasteiger partial charge >= 0.3 is 0 Å². The summed E-state index contributed by atoms with van der Waals surface area (Å²) < 4.78 is 13.1. The maximum atomic E-state index is 13.1. The highest BCUT2D eigenvalue weighted by molar-refractivity contribution is 7.21. The number of carbonyl (C=O) groups is 1. The molecule has 2 heterocycles. The molecular formula is C20H19FN2OS. The third-order valence-corrected chi connectivity index (χ3v) is 6.19. The van der Waals surface area contributed by atoms with E-state index < -0.39 is 0 Å². The van der Waals surface area contributed by atoms with Gasteiger partial charge in [-0.2, -0.15) is 0 Å². The molecule has 3 aromatic rings. The molecule has 2 aromatic heterocycles. The summed E-state index contributed by atoms with van der Waals surface area (Å²) >= 11 is 1.33. The number of fused-ring (bicyclic) bond motifs is 2. The number of pyridine rings is 1. The van der Waals surface area contributed by atoms with Gasteiger partial charge in [-0.25, -0.2) is 9.37 Å². The number of nitrogens with two attached hydrogens (primary N) is 1. The minimum absolute atomic E-state index is 0.176. The number of aryl methyl sites for hydroxylation is 1. The molecule has 0 aliphatic heterocycles. The fourth-order valence-electron chi connectivity index (χ4n) is 3.52. The van der Waals surface area contributed by atoms with Crippen LogP contribution in [0.5, 0.6) is 0 Å². The van der Waals surface area contributed by atoms with Crippen molar-refractivity contribution in [1.29, 1.82) is 0 Å². The van der Waals surface area contributed by atoms with E-state index in [0.717, 1.165) is 28.8 Å². The van der Waals surface area contributed by atoms with Crippen LogP contribution in [0.4, 0.5) is 10.1 Å². The van der Waals surface area contributed by atoms with E-state index in [2.05, 4.69) is 13.0 Å². The lowest BCUT2D eigenvalue weighted by Gasteiger charge is -2.22. The third-order valence-electron chi connectivity index (χ3n) is 5.08. The predicted molar refractivity (Wildman–Crippen MR) is 99.7 cm³/mol. The van der Waals surface area contributed by atoms with E-state index in [-0.39, 0.29) is 11.6 Å². The Morgan fingerprint density at radius 2 is 2.12 bits per heavy atom. The van der Waals surface area contributed by atoms with E-state index in [0.29, 0.717) is 22.0 Å². The molecule has 128 valence electrons. The number of hydrogen-bond acceptors (Lipinski definition) is 4. The molecule has 0 amide bonds. The number of hydrogen-bond donors (Lipinski definition) is 1. The lowest BCUT2D eigenvalue weighted by molar-refractivity contribution is 0.104. The van der Waals surface area contributed by atoms with Crippen LogP contribution in [-0.2, 0) is 12.8 Å². The lowest BCUT2D eigenvalue weighted by Crippen LogP contribution is -2.14. The molecule has 0 bridgehead atoms. The van der Waals surface area contributed by atoms with Crippen molar-refractivity contribution in [3.8, 4) is 0 Å². The van der Waals surface area contributed by atoms with Crippen LogP contribution >= 0.6 is 11.3 Å². The Morgan fingerprint density at radius 1 is 1.36 bits per heavy atom. The molecule has 0 fully saturated rings. The molecule has 1 aromatic carbocycles. The number of anilines is 1. The average molecular weight is 354 g/mol. The first-order chi connectivity index (χ1) is 12.1. The minimum Gasteiger partial charge on any atom is -0.397 e. The first-order valence-electron chi connectivity index (χ1n) is 8.57. The summed E-state index contributed by atoms with van der Waals surface area (Å²) in [6.45, 7) is 2.22. The number of nitrogen functional groups attached to an aromatic ring is 1. The lowest BCUT2D eigenvalue weighted by atomic mass is 9.85. The van der Waals surface area contributed by atoms with E-state index in [9.17, 15) is 9.18 Å². The minimum atomic E-state index is -0.360. The van der Waals surface area contributed by atoms with Crippen molar-refractivity contribution in [3.63, 3.8) is 0 Å². The number of rotatable bonds is 3. The Balaban J connectivity index is 1.77. The van der Waals surface area contributed by atoms with Crippen LogP contribution in [-0.4, -0.2) is 10.8 Å². The number of aromatic nitrogens is 1. The van der Waals surface area contributed by atoms with E-state index in [1.807, 2.05) is 0 Å². The highest BCUT2D eigenvalue weighted by Gasteiger charge is 2.23. The second kappa shape index (κ2) is 6.23. The van der Waals surface area contributed by atoms with Crippen LogP contribution in [0.2, 0.25) is 0 Å². The molecule has 1 aliphatic carbocycles. The van der Waals surface area contributed by atoms with Gasteiger partial charge in [0.2, 0.25) is 5.78 Å². The first-order valence-corrected chi connectivity index (χ1v) is 9.39. The Kier molecular flexibility index (Phi) is 4.04. The predicted octanol–water partition coefficient (Wildman–Crippen LogP) is 4.76. The Labute approximate surface area is 149 Å². The first kappa shape index (κ1) is 16.2. The van der Waals surface area contributed by atoms with Gasteiger partial charge in [0.1, 0.15) is 15.5 Å². The number of carbonyl (C=O) groups excluding carboxylic acids is 1. The van der Waals surface area contributed by atoms with Gasteiger partial charge in [-0.05, 0) is 61.1 Å². The molecule has 0 unspecified atom stereocenters. The van der Waals surface area contributed by atoms with Crippen molar-refractivity contribution >= 4 is 33.0 Å². The fourth-order valence-corrected chi connectivity index (χ4v) is 4.57. The topological polar surface area (TPSA) is 56.0 Å². The summed E-state index contributed by atoms with van der Waals surface area (Å²) in [5, 5.41) is 0.867. The zero-order chi connectivity index (χ0) is 17.6. The fraction of sp³-hybridized carbons (Fsp3) is 0.300. The third kappa shape index (κ3) is 2.82. The summed E-state index contributed by atoms with van der Waals surface area (Å²) in [6.07, 6.45) is 4.36. The molecule has 1 aliphatic rings. The van der Waals surface area contributed by atoms with E-state index in [1.165, 1.54) is 54.0 Å². The Morgan fingerprint density at radius 3 is 2.84 bits per heavy atom. The summed E-state index contributed by atoms with van der Waals surface area (Å²) in [7, 11) is 0. The Hall–Kier alpha value is -2.27. The van der Waals surface area contributed by atoms with Gasteiger partial charge in [0, 0.05) is 16.6 Å². The molecule has 5 heteroatoms. The van der Waals surface area contributed by atoms with Gasteiger partial charge in [0.05, 0.1) is 5.69 Å². The summed E-state index contributed by atoms with van der Waals surface area (Å²) in [5.41, 5.74) is 9.61. The van der Waals surface area contributed by atoms with E-state index in [1.54, 1.807) is 0 Å². The van der Waals surface area contributed by atoms with Gasteiger partial charge in [-0.15, -0.1) is 11.3 Å². The smallest absolute Gasteiger partial charge is 0.205 e. The maximum absolute atomic E-state index is 13.1.